The Morgan fingerprint density at radius 2 is 1.68 bits per heavy atom. The van der Waals surface area contributed by atoms with Gasteiger partial charge in [-0.3, -0.25) is 14.6 Å². The molecular formula is C14H16N2O3. The quantitative estimate of drug-likeness (QED) is 0.734. The van der Waals surface area contributed by atoms with E-state index in [4.69, 9.17) is 0 Å². The van der Waals surface area contributed by atoms with Crippen LogP contribution in [0.3, 0.4) is 0 Å². The predicted octanol–water partition coefficient (Wildman–Crippen LogP) is 1.15. The topological polar surface area (TPSA) is 82.8 Å². The van der Waals surface area contributed by atoms with E-state index in [-0.39, 0.29) is 16.8 Å². The third kappa shape index (κ3) is 1.89. The van der Waals surface area contributed by atoms with Crippen LogP contribution in [0, 0.1) is 5.41 Å². The highest BCUT2D eigenvalue weighted by Crippen LogP contribution is 2.44. The van der Waals surface area contributed by atoms with Crippen molar-refractivity contribution in [3.63, 3.8) is 0 Å². The van der Waals surface area contributed by atoms with Crippen molar-refractivity contribution < 1.29 is 4.79 Å². The summed E-state index contributed by atoms with van der Waals surface area (Å²) in [4.78, 5) is 40.5. The number of H-pyrrole nitrogens is 2. The summed E-state index contributed by atoms with van der Waals surface area (Å²) in [5, 5.41) is 0. The van der Waals surface area contributed by atoms with Crippen LogP contribution in [0.1, 0.15) is 44.4 Å². The molecule has 0 saturated carbocycles. The lowest BCUT2D eigenvalue weighted by molar-refractivity contribution is -0.117. The molecular weight excluding hydrogens is 244 g/mol. The number of aryl methyl sites for hydroxylation is 1. The maximum absolute atomic E-state index is 12.2. The molecule has 0 saturated heterocycles. The summed E-state index contributed by atoms with van der Waals surface area (Å²) in [6, 6.07) is 0. The monoisotopic (exact) mass is 260 g/mol. The van der Waals surface area contributed by atoms with Gasteiger partial charge in [-0.25, -0.2) is 4.79 Å². The maximum atomic E-state index is 12.2. The number of ketones is 1. The SMILES string of the molecule is CC1(C)CC(=O)C2=C(C1)c1c([nH]c(=O)[nH]c1=O)CC2. The van der Waals surface area contributed by atoms with Crippen LogP contribution in [0.25, 0.3) is 5.57 Å². The average Bonchev–Trinajstić information content (AvgIpc) is 2.25. The minimum atomic E-state index is -0.478. The zero-order chi connectivity index (χ0) is 13.8. The Morgan fingerprint density at radius 1 is 0.947 bits per heavy atom. The highest BCUT2D eigenvalue weighted by atomic mass is 16.2. The molecule has 2 N–H and O–H groups in total. The van der Waals surface area contributed by atoms with E-state index in [1.54, 1.807) is 0 Å². The van der Waals surface area contributed by atoms with Gasteiger partial charge in [0.25, 0.3) is 5.56 Å². The van der Waals surface area contributed by atoms with Crippen molar-refractivity contribution in [1.82, 2.24) is 9.97 Å². The van der Waals surface area contributed by atoms with E-state index in [2.05, 4.69) is 9.97 Å². The highest BCUT2D eigenvalue weighted by molar-refractivity contribution is 6.05. The van der Waals surface area contributed by atoms with E-state index < -0.39 is 5.69 Å². The zero-order valence-electron chi connectivity index (χ0n) is 11.1. The van der Waals surface area contributed by atoms with Crippen LogP contribution >= 0.6 is 0 Å². The molecule has 0 spiro atoms. The summed E-state index contributed by atoms with van der Waals surface area (Å²) in [5.41, 5.74) is 1.81. The second kappa shape index (κ2) is 3.79. The lowest BCUT2D eigenvalue weighted by Gasteiger charge is -2.34. The van der Waals surface area contributed by atoms with Gasteiger partial charge >= 0.3 is 5.69 Å². The highest BCUT2D eigenvalue weighted by Gasteiger charge is 2.36. The molecule has 100 valence electrons. The fraction of sp³-hybridized carbons (Fsp3) is 0.500. The van der Waals surface area contributed by atoms with Gasteiger partial charge in [-0.05, 0) is 35.8 Å². The Morgan fingerprint density at radius 3 is 2.42 bits per heavy atom. The molecule has 1 aromatic rings. The molecule has 2 aliphatic rings. The summed E-state index contributed by atoms with van der Waals surface area (Å²) in [5.74, 6) is 0.141. The Balaban J connectivity index is 2.27. The van der Waals surface area contributed by atoms with Crippen LogP contribution in [0.2, 0.25) is 0 Å². The van der Waals surface area contributed by atoms with Gasteiger partial charge in [0.1, 0.15) is 0 Å². The van der Waals surface area contributed by atoms with Crippen molar-refractivity contribution in [3.05, 3.63) is 37.7 Å². The van der Waals surface area contributed by atoms with Crippen LogP contribution in [0.4, 0.5) is 0 Å². The Labute approximate surface area is 109 Å². The third-order valence-electron chi connectivity index (χ3n) is 3.94. The van der Waals surface area contributed by atoms with Gasteiger partial charge in [-0.15, -0.1) is 0 Å². The van der Waals surface area contributed by atoms with Crippen molar-refractivity contribution in [3.8, 4) is 0 Å². The maximum Gasteiger partial charge on any atom is 0.325 e. The van der Waals surface area contributed by atoms with Crippen molar-refractivity contribution in [2.24, 2.45) is 5.41 Å². The van der Waals surface area contributed by atoms with Gasteiger partial charge < -0.3 is 4.98 Å². The second-order valence-corrected chi connectivity index (χ2v) is 6.16. The molecule has 3 rings (SSSR count). The van der Waals surface area contributed by atoms with Gasteiger partial charge in [0, 0.05) is 12.1 Å². The predicted molar refractivity (Wildman–Crippen MR) is 70.9 cm³/mol. The molecule has 0 fully saturated rings. The molecule has 0 aromatic carbocycles. The average molecular weight is 260 g/mol. The number of nitrogens with one attached hydrogen (secondary N) is 2. The Hall–Kier alpha value is -1.91. The first kappa shape index (κ1) is 12.1. The molecule has 5 nitrogen and oxygen atoms in total. The number of hydrogen-bond acceptors (Lipinski definition) is 3. The fourth-order valence-electron chi connectivity index (χ4n) is 3.18. The summed E-state index contributed by atoms with van der Waals surface area (Å²) in [6.45, 7) is 4.06. The number of allylic oxidation sites excluding steroid dienone is 2. The lowest BCUT2D eigenvalue weighted by atomic mass is 9.69. The van der Waals surface area contributed by atoms with E-state index in [9.17, 15) is 14.4 Å². The fourth-order valence-corrected chi connectivity index (χ4v) is 3.18. The van der Waals surface area contributed by atoms with Crippen LogP contribution in [-0.2, 0) is 11.2 Å². The smallest absolute Gasteiger partial charge is 0.311 e. The van der Waals surface area contributed by atoms with Crippen molar-refractivity contribution >= 4 is 11.4 Å². The van der Waals surface area contributed by atoms with Gasteiger partial charge in [0.05, 0.1) is 5.56 Å². The van der Waals surface area contributed by atoms with Gasteiger partial charge in [-0.2, -0.15) is 0 Å². The van der Waals surface area contributed by atoms with Gasteiger partial charge in [-0.1, -0.05) is 13.8 Å². The van der Waals surface area contributed by atoms with Crippen molar-refractivity contribution in [2.75, 3.05) is 0 Å². The third-order valence-corrected chi connectivity index (χ3v) is 3.94. The van der Waals surface area contributed by atoms with Crippen LogP contribution in [0.5, 0.6) is 0 Å². The number of aromatic amines is 2. The number of aromatic nitrogens is 2. The van der Waals surface area contributed by atoms with Gasteiger partial charge in [0.2, 0.25) is 0 Å². The number of carbonyl (C=O) groups is 1. The summed E-state index contributed by atoms with van der Waals surface area (Å²) >= 11 is 0. The van der Waals surface area contributed by atoms with Crippen LogP contribution < -0.4 is 11.2 Å². The second-order valence-electron chi connectivity index (χ2n) is 6.16. The van der Waals surface area contributed by atoms with Gasteiger partial charge in [0.15, 0.2) is 5.78 Å². The Bertz CT molecular complexity index is 719. The minimum Gasteiger partial charge on any atom is -0.311 e. The molecule has 2 aliphatic carbocycles. The van der Waals surface area contributed by atoms with Crippen molar-refractivity contribution in [1.29, 1.82) is 0 Å². The number of fused-ring (bicyclic) bond motifs is 2. The van der Waals surface area contributed by atoms with E-state index in [1.165, 1.54) is 0 Å². The van der Waals surface area contributed by atoms with Crippen molar-refractivity contribution in [2.45, 2.75) is 39.5 Å². The normalized spacial score (nSPS) is 21.1. The largest absolute Gasteiger partial charge is 0.325 e. The molecule has 0 bridgehead atoms. The zero-order valence-corrected chi connectivity index (χ0v) is 11.1. The molecule has 1 heterocycles. The number of hydrogen-bond donors (Lipinski definition) is 2. The molecule has 19 heavy (non-hydrogen) atoms. The number of Topliss-reactive ketones (excluding diaryl/α,β-unsaturated/α-hetero) is 1. The molecule has 0 radical (unpaired) electrons. The molecule has 1 aromatic heterocycles. The van der Waals surface area contributed by atoms with E-state index in [0.29, 0.717) is 36.9 Å². The standard InChI is InChI=1S/C14H16N2O3/c1-14(2)5-8-7(10(17)6-14)3-4-9-11(8)12(18)16-13(19)15-9/h3-6H2,1-2H3,(H2,15,16,18,19). The summed E-state index contributed by atoms with van der Waals surface area (Å²) in [7, 11) is 0. The van der Waals surface area contributed by atoms with E-state index in [1.807, 2.05) is 13.8 Å². The van der Waals surface area contributed by atoms with Crippen LogP contribution in [0.15, 0.2) is 15.2 Å². The first-order chi connectivity index (χ1) is 8.87. The summed E-state index contributed by atoms with van der Waals surface area (Å²) in [6.07, 6.45) is 2.41. The molecule has 0 amide bonds. The molecule has 5 heteroatoms. The molecule has 0 unspecified atom stereocenters. The minimum absolute atomic E-state index is 0.132. The first-order valence-corrected chi connectivity index (χ1v) is 6.48. The van der Waals surface area contributed by atoms with Crippen LogP contribution in [-0.4, -0.2) is 15.8 Å². The molecule has 0 aliphatic heterocycles. The number of rotatable bonds is 0. The van der Waals surface area contributed by atoms with E-state index in [0.717, 1.165) is 11.1 Å². The Kier molecular flexibility index (Phi) is 2.42. The van der Waals surface area contributed by atoms with E-state index >= 15 is 0 Å². The lowest BCUT2D eigenvalue weighted by Crippen LogP contribution is -2.34. The first-order valence-electron chi connectivity index (χ1n) is 6.48. The number of carbonyl (C=O) groups excluding carboxylic acids is 1. The molecule has 0 atom stereocenters. The summed E-state index contributed by atoms with van der Waals surface area (Å²) < 4.78 is 0.